The molecule has 1 aliphatic carbocycles. The molecule has 1 aliphatic rings. The van der Waals surface area contributed by atoms with Crippen LogP contribution in [0.1, 0.15) is 50.2 Å². The van der Waals surface area contributed by atoms with E-state index in [1.807, 2.05) is 55.5 Å². The summed E-state index contributed by atoms with van der Waals surface area (Å²) in [5, 5.41) is 3.15. The zero-order valence-electron chi connectivity index (χ0n) is 19.3. The molecule has 1 N–H and O–H groups in total. The minimum absolute atomic E-state index is 0.121. The van der Waals surface area contributed by atoms with Crippen molar-refractivity contribution in [2.24, 2.45) is 0 Å². The number of methoxy groups -OCH3 is 1. The molecule has 1 atom stereocenters. The lowest BCUT2D eigenvalue weighted by molar-refractivity contribution is -0.142. The molecular weight excluding hydrogens is 404 g/mol. The summed E-state index contributed by atoms with van der Waals surface area (Å²) in [6, 6.07) is 14.7. The Hall–Kier alpha value is -3.02. The maximum atomic E-state index is 13.2. The molecule has 0 aromatic heterocycles. The number of amides is 2. The molecule has 2 aromatic rings. The fourth-order valence-corrected chi connectivity index (χ4v) is 4.06. The summed E-state index contributed by atoms with van der Waals surface area (Å²) in [5.41, 5.74) is 1.86. The zero-order chi connectivity index (χ0) is 22.9. The van der Waals surface area contributed by atoms with E-state index in [2.05, 4.69) is 5.32 Å². The lowest BCUT2D eigenvalue weighted by Crippen LogP contribution is -2.51. The highest BCUT2D eigenvalue weighted by atomic mass is 16.5. The Balaban J connectivity index is 1.73. The standard InChI is InChI=1S/C26H34N2O4/c1-19-10-7-8-15-24(19)32-18-25(29)28(17-21-11-9-14-23(16-21)31-3)20(2)26(30)27-22-12-5-4-6-13-22/h7-11,14-16,20,22H,4-6,12-13,17-18H2,1-3H3,(H,27,30). The Morgan fingerprint density at radius 3 is 2.56 bits per heavy atom. The first-order valence-corrected chi connectivity index (χ1v) is 11.4. The maximum Gasteiger partial charge on any atom is 0.261 e. The lowest BCUT2D eigenvalue weighted by Gasteiger charge is -2.31. The van der Waals surface area contributed by atoms with Gasteiger partial charge in [0.05, 0.1) is 7.11 Å². The van der Waals surface area contributed by atoms with Crippen LogP contribution in [-0.2, 0) is 16.1 Å². The first-order chi connectivity index (χ1) is 15.5. The number of nitrogens with one attached hydrogen (secondary N) is 1. The van der Waals surface area contributed by atoms with Crippen molar-refractivity contribution >= 4 is 11.8 Å². The molecule has 6 nitrogen and oxygen atoms in total. The van der Waals surface area contributed by atoms with E-state index >= 15 is 0 Å². The van der Waals surface area contributed by atoms with Gasteiger partial charge in [0.1, 0.15) is 17.5 Å². The predicted octanol–water partition coefficient (Wildman–Crippen LogP) is 4.25. The van der Waals surface area contributed by atoms with Crippen molar-refractivity contribution in [3.05, 3.63) is 59.7 Å². The van der Waals surface area contributed by atoms with Crippen LogP contribution in [0.15, 0.2) is 48.5 Å². The van der Waals surface area contributed by atoms with Crippen molar-refractivity contribution in [3.8, 4) is 11.5 Å². The van der Waals surface area contributed by atoms with Crippen molar-refractivity contribution in [1.29, 1.82) is 0 Å². The van der Waals surface area contributed by atoms with Crippen LogP contribution in [0.5, 0.6) is 11.5 Å². The summed E-state index contributed by atoms with van der Waals surface area (Å²) in [5.74, 6) is 1.03. The SMILES string of the molecule is COc1cccc(CN(C(=O)COc2ccccc2C)C(C)C(=O)NC2CCCCC2)c1. The van der Waals surface area contributed by atoms with E-state index in [4.69, 9.17) is 9.47 Å². The normalized spacial score (nSPS) is 15.0. The van der Waals surface area contributed by atoms with Gasteiger partial charge in [0.15, 0.2) is 6.61 Å². The van der Waals surface area contributed by atoms with Crippen LogP contribution in [0, 0.1) is 6.92 Å². The largest absolute Gasteiger partial charge is 0.497 e. The van der Waals surface area contributed by atoms with Crippen molar-refractivity contribution < 1.29 is 19.1 Å². The van der Waals surface area contributed by atoms with Gasteiger partial charge in [-0.05, 0) is 56.0 Å². The molecular formula is C26H34N2O4. The third-order valence-corrected chi connectivity index (χ3v) is 6.05. The second-order valence-corrected chi connectivity index (χ2v) is 8.45. The Morgan fingerprint density at radius 1 is 1.09 bits per heavy atom. The molecule has 0 spiro atoms. The summed E-state index contributed by atoms with van der Waals surface area (Å²) >= 11 is 0. The van der Waals surface area contributed by atoms with Gasteiger partial charge in [0.25, 0.3) is 5.91 Å². The quantitative estimate of drug-likeness (QED) is 0.636. The van der Waals surface area contributed by atoms with Crippen LogP contribution < -0.4 is 14.8 Å². The summed E-state index contributed by atoms with van der Waals surface area (Å²) in [6.45, 7) is 3.89. The molecule has 2 aromatic carbocycles. The third-order valence-electron chi connectivity index (χ3n) is 6.05. The monoisotopic (exact) mass is 438 g/mol. The minimum Gasteiger partial charge on any atom is -0.497 e. The fraction of sp³-hybridized carbons (Fsp3) is 0.462. The second kappa shape index (κ2) is 11.6. The number of benzene rings is 2. The summed E-state index contributed by atoms with van der Waals surface area (Å²) < 4.78 is 11.1. The third kappa shape index (κ3) is 6.49. The Bertz CT molecular complexity index is 908. The average Bonchev–Trinajstić information content (AvgIpc) is 2.82. The van der Waals surface area contributed by atoms with Gasteiger partial charge in [-0.1, -0.05) is 49.6 Å². The average molecular weight is 439 g/mol. The molecule has 32 heavy (non-hydrogen) atoms. The summed E-state index contributed by atoms with van der Waals surface area (Å²) in [4.78, 5) is 27.8. The zero-order valence-corrected chi connectivity index (χ0v) is 19.3. The second-order valence-electron chi connectivity index (χ2n) is 8.45. The van der Waals surface area contributed by atoms with Gasteiger partial charge in [0.2, 0.25) is 5.91 Å². The maximum absolute atomic E-state index is 13.2. The topological polar surface area (TPSA) is 67.9 Å². The first kappa shape index (κ1) is 23.6. The van der Waals surface area contributed by atoms with E-state index < -0.39 is 6.04 Å². The van der Waals surface area contributed by atoms with Gasteiger partial charge in [0, 0.05) is 12.6 Å². The lowest BCUT2D eigenvalue weighted by atomic mass is 9.95. The highest BCUT2D eigenvalue weighted by Gasteiger charge is 2.28. The van der Waals surface area contributed by atoms with E-state index in [1.165, 1.54) is 6.42 Å². The van der Waals surface area contributed by atoms with Crippen LogP contribution in [0.3, 0.4) is 0 Å². The van der Waals surface area contributed by atoms with Crippen LogP contribution in [0.2, 0.25) is 0 Å². The van der Waals surface area contributed by atoms with Crippen molar-refractivity contribution in [1.82, 2.24) is 10.2 Å². The highest BCUT2D eigenvalue weighted by molar-refractivity contribution is 5.88. The number of rotatable bonds is 9. The number of nitrogens with zero attached hydrogens (tertiary/aromatic N) is 1. The van der Waals surface area contributed by atoms with Crippen LogP contribution >= 0.6 is 0 Å². The molecule has 0 saturated heterocycles. The van der Waals surface area contributed by atoms with E-state index in [1.54, 1.807) is 18.9 Å². The van der Waals surface area contributed by atoms with E-state index in [-0.39, 0.29) is 24.5 Å². The van der Waals surface area contributed by atoms with Crippen LogP contribution in [-0.4, -0.2) is 42.5 Å². The Morgan fingerprint density at radius 2 is 1.84 bits per heavy atom. The van der Waals surface area contributed by atoms with Gasteiger partial charge in [-0.25, -0.2) is 0 Å². The van der Waals surface area contributed by atoms with E-state index in [0.717, 1.165) is 36.8 Å². The van der Waals surface area contributed by atoms with E-state index in [0.29, 0.717) is 18.0 Å². The van der Waals surface area contributed by atoms with Gasteiger partial charge in [-0.15, -0.1) is 0 Å². The minimum atomic E-state index is -0.615. The number of para-hydroxylation sites is 1. The van der Waals surface area contributed by atoms with Crippen molar-refractivity contribution in [2.45, 2.75) is 64.6 Å². The molecule has 6 heteroatoms. The summed E-state index contributed by atoms with van der Waals surface area (Å²) in [7, 11) is 1.61. The molecule has 172 valence electrons. The smallest absolute Gasteiger partial charge is 0.261 e. The number of carbonyl (C=O) groups is 2. The molecule has 2 amide bonds. The van der Waals surface area contributed by atoms with Crippen molar-refractivity contribution in [3.63, 3.8) is 0 Å². The Labute approximate surface area is 190 Å². The van der Waals surface area contributed by atoms with Crippen molar-refractivity contribution in [2.75, 3.05) is 13.7 Å². The Kier molecular flexibility index (Phi) is 8.54. The summed E-state index contributed by atoms with van der Waals surface area (Å²) in [6.07, 6.45) is 5.49. The van der Waals surface area contributed by atoms with Gasteiger partial charge < -0.3 is 19.7 Å². The molecule has 1 saturated carbocycles. The van der Waals surface area contributed by atoms with Gasteiger partial charge in [-0.3, -0.25) is 9.59 Å². The number of ether oxygens (including phenoxy) is 2. The molecule has 0 aliphatic heterocycles. The molecule has 0 bridgehead atoms. The predicted molar refractivity (Wildman–Crippen MR) is 125 cm³/mol. The number of aryl methyl sites for hydroxylation is 1. The molecule has 3 rings (SSSR count). The fourth-order valence-electron chi connectivity index (χ4n) is 4.06. The molecule has 1 unspecified atom stereocenters. The van der Waals surface area contributed by atoms with Gasteiger partial charge >= 0.3 is 0 Å². The number of hydrogen-bond donors (Lipinski definition) is 1. The van der Waals surface area contributed by atoms with Crippen LogP contribution in [0.4, 0.5) is 0 Å². The van der Waals surface area contributed by atoms with E-state index in [9.17, 15) is 9.59 Å². The van der Waals surface area contributed by atoms with Crippen LogP contribution in [0.25, 0.3) is 0 Å². The van der Waals surface area contributed by atoms with Gasteiger partial charge in [-0.2, -0.15) is 0 Å². The molecule has 0 heterocycles. The first-order valence-electron chi connectivity index (χ1n) is 11.4. The number of hydrogen-bond acceptors (Lipinski definition) is 4. The number of carbonyl (C=O) groups excluding carboxylic acids is 2. The molecule has 0 radical (unpaired) electrons. The molecule has 1 fully saturated rings. The highest BCUT2D eigenvalue weighted by Crippen LogP contribution is 2.20.